The standard InChI is InChI=1S/C16H22N2OS.ClH/c17-11-16(8-3-4-9-16)15(19)18-13-7-10-20-14-6-2-1-5-12(13)14;/h1-2,5-6,13H,3-4,7-11,17H2,(H,18,19);1H. The van der Waals surface area contributed by atoms with Crippen molar-refractivity contribution in [3.63, 3.8) is 0 Å². The van der Waals surface area contributed by atoms with Crippen LogP contribution in [0, 0.1) is 5.41 Å². The number of nitrogens with one attached hydrogen (secondary N) is 1. The van der Waals surface area contributed by atoms with E-state index >= 15 is 0 Å². The zero-order chi connectivity index (χ0) is 14.0. The van der Waals surface area contributed by atoms with Gasteiger partial charge in [-0.25, -0.2) is 0 Å². The van der Waals surface area contributed by atoms with E-state index < -0.39 is 0 Å². The average molecular weight is 327 g/mol. The fraction of sp³-hybridized carbons (Fsp3) is 0.562. The molecular weight excluding hydrogens is 304 g/mol. The van der Waals surface area contributed by atoms with Crippen LogP contribution < -0.4 is 11.1 Å². The Morgan fingerprint density at radius 3 is 2.76 bits per heavy atom. The van der Waals surface area contributed by atoms with Gasteiger partial charge in [0.05, 0.1) is 11.5 Å². The molecule has 0 aromatic heterocycles. The van der Waals surface area contributed by atoms with Crippen LogP contribution in [0.1, 0.15) is 43.7 Å². The average Bonchev–Trinajstić information content (AvgIpc) is 2.98. The molecule has 1 aromatic rings. The molecule has 0 spiro atoms. The highest BCUT2D eigenvalue weighted by Gasteiger charge is 2.40. The summed E-state index contributed by atoms with van der Waals surface area (Å²) in [5.41, 5.74) is 6.86. The minimum atomic E-state index is -0.306. The number of benzene rings is 1. The monoisotopic (exact) mass is 326 g/mol. The maximum atomic E-state index is 12.7. The van der Waals surface area contributed by atoms with Crippen LogP contribution in [0.15, 0.2) is 29.2 Å². The Morgan fingerprint density at radius 2 is 2.05 bits per heavy atom. The van der Waals surface area contributed by atoms with Crippen molar-refractivity contribution in [1.29, 1.82) is 0 Å². The van der Waals surface area contributed by atoms with Crippen LogP contribution >= 0.6 is 24.2 Å². The largest absolute Gasteiger partial charge is 0.349 e. The van der Waals surface area contributed by atoms with Gasteiger partial charge in [0.15, 0.2) is 0 Å². The maximum absolute atomic E-state index is 12.7. The topological polar surface area (TPSA) is 55.1 Å². The van der Waals surface area contributed by atoms with Gasteiger partial charge in [0.1, 0.15) is 0 Å². The lowest BCUT2D eigenvalue weighted by molar-refractivity contribution is -0.131. The lowest BCUT2D eigenvalue weighted by atomic mass is 9.84. The Balaban J connectivity index is 0.00000161. The van der Waals surface area contributed by atoms with E-state index in [2.05, 4.69) is 29.6 Å². The number of amides is 1. The van der Waals surface area contributed by atoms with Crippen LogP contribution in [0.5, 0.6) is 0 Å². The summed E-state index contributed by atoms with van der Waals surface area (Å²) in [6, 6.07) is 8.55. The van der Waals surface area contributed by atoms with E-state index in [0.717, 1.165) is 37.9 Å². The van der Waals surface area contributed by atoms with Gasteiger partial charge in [-0.2, -0.15) is 0 Å². The van der Waals surface area contributed by atoms with Gasteiger partial charge in [0, 0.05) is 17.2 Å². The van der Waals surface area contributed by atoms with Crippen molar-refractivity contribution in [1.82, 2.24) is 5.32 Å². The van der Waals surface area contributed by atoms with Crippen molar-refractivity contribution < 1.29 is 4.79 Å². The number of carbonyl (C=O) groups excluding carboxylic acids is 1. The van der Waals surface area contributed by atoms with Crippen molar-refractivity contribution in [3.8, 4) is 0 Å². The van der Waals surface area contributed by atoms with Gasteiger partial charge in [-0.05, 0) is 30.9 Å². The zero-order valence-corrected chi connectivity index (χ0v) is 13.8. The summed E-state index contributed by atoms with van der Waals surface area (Å²) in [5.74, 6) is 1.24. The molecule has 3 rings (SSSR count). The fourth-order valence-corrected chi connectivity index (χ4v) is 4.50. The molecule has 1 atom stereocenters. The highest BCUT2D eigenvalue weighted by molar-refractivity contribution is 7.99. The van der Waals surface area contributed by atoms with Gasteiger partial charge >= 0.3 is 0 Å². The fourth-order valence-electron chi connectivity index (χ4n) is 3.38. The third-order valence-electron chi connectivity index (χ3n) is 4.70. The summed E-state index contributed by atoms with van der Waals surface area (Å²) >= 11 is 1.88. The number of thioether (sulfide) groups is 1. The lowest BCUT2D eigenvalue weighted by Gasteiger charge is -2.31. The highest BCUT2D eigenvalue weighted by atomic mass is 35.5. The Hall–Kier alpha value is -0.710. The van der Waals surface area contributed by atoms with E-state index in [4.69, 9.17) is 5.73 Å². The summed E-state index contributed by atoms with van der Waals surface area (Å²) in [7, 11) is 0. The van der Waals surface area contributed by atoms with Gasteiger partial charge in [-0.15, -0.1) is 24.2 Å². The zero-order valence-electron chi connectivity index (χ0n) is 12.1. The molecule has 116 valence electrons. The smallest absolute Gasteiger partial charge is 0.227 e. The normalized spacial score (nSPS) is 23.0. The SMILES string of the molecule is Cl.NCC1(C(=O)NC2CCSc3ccccc32)CCCC1. The Kier molecular flexibility index (Phi) is 5.58. The predicted octanol–water partition coefficient (Wildman–Crippen LogP) is 3.28. The number of fused-ring (bicyclic) bond motifs is 1. The molecule has 1 saturated carbocycles. The maximum Gasteiger partial charge on any atom is 0.227 e. The van der Waals surface area contributed by atoms with Crippen LogP contribution in [-0.4, -0.2) is 18.2 Å². The minimum absolute atomic E-state index is 0. The second-order valence-corrected chi connectivity index (χ2v) is 7.03. The van der Waals surface area contributed by atoms with Crippen LogP contribution in [0.2, 0.25) is 0 Å². The third-order valence-corrected chi connectivity index (χ3v) is 5.82. The van der Waals surface area contributed by atoms with Gasteiger partial charge in [0.2, 0.25) is 5.91 Å². The molecule has 1 unspecified atom stereocenters. The first-order chi connectivity index (χ1) is 9.75. The summed E-state index contributed by atoms with van der Waals surface area (Å²) < 4.78 is 0. The molecule has 21 heavy (non-hydrogen) atoms. The van der Waals surface area contributed by atoms with Crippen LogP contribution in [0.3, 0.4) is 0 Å². The van der Waals surface area contributed by atoms with Crippen LogP contribution in [0.25, 0.3) is 0 Å². The van der Waals surface area contributed by atoms with Gasteiger partial charge < -0.3 is 11.1 Å². The summed E-state index contributed by atoms with van der Waals surface area (Å²) in [6.07, 6.45) is 5.15. The molecule has 1 aliphatic heterocycles. The van der Waals surface area contributed by atoms with E-state index in [9.17, 15) is 4.79 Å². The van der Waals surface area contributed by atoms with E-state index in [1.165, 1.54) is 10.5 Å². The highest BCUT2D eigenvalue weighted by Crippen LogP contribution is 2.40. The summed E-state index contributed by atoms with van der Waals surface area (Å²) in [5, 5.41) is 3.28. The lowest BCUT2D eigenvalue weighted by Crippen LogP contribution is -2.45. The molecule has 2 aliphatic rings. The van der Waals surface area contributed by atoms with E-state index in [0.29, 0.717) is 6.54 Å². The van der Waals surface area contributed by atoms with Crippen molar-refractivity contribution in [2.45, 2.75) is 43.0 Å². The first-order valence-corrected chi connectivity index (χ1v) is 8.46. The number of halogens is 1. The Morgan fingerprint density at radius 1 is 1.33 bits per heavy atom. The molecule has 1 amide bonds. The molecule has 3 nitrogen and oxygen atoms in total. The van der Waals surface area contributed by atoms with Crippen molar-refractivity contribution in [2.75, 3.05) is 12.3 Å². The molecule has 3 N–H and O–H groups in total. The summed E-state index contributed by atoms with van der Waals surface area (Å²) in [6.45, 7) is 0.474. The Bertz CT molecular complexity index is 503. The van der Waals surface area contributed by atoms with E-state index in [-0.39, 0.29) is 29.8 Å². The molecule has 1 fully saturated rings. The van der Waals surface area contributed by atoms with Crippen LogP contribution in [0.4, 0.5) is 0 Å². The number of rotatable bonds is 3. The van der Waals surface area contributed by atoms with Crippen molar-refractivity contribution >= 4 is 30.1 Å². The number of nitrogens with two attached hydrogens (primary N) is 1. The van der Waals surface area contributed by atoms with E-state index in [1.54, 1.807) is 0 Å². The molecule has 1 heterocycles. The van der Waals surface area contributed by atoms with Crippen molar-refractivity contribution in [3.05, 3.63) is 29.8 Å². The van der Waals surface area contributed by atoms with E-state index in [1.807, 2.05) is 11.8 Å². The molecule has 0 saturated heterocycles. The number of hydrogen-bond donors (Lipinski definition) is 2. The molecule has 1 aliphatic carbocycles. The minimum Gasteiger partial charge on any atom is -0.349 e. The van der Waals surface area contributed by atoms with Crippen molar-refractivity contribution in [2.24, 2.45) is 11.1 Å². The molecule has 5 heteroatoms. The Labute approximate surface area is 136 Å². The first kappa shape index (κ1) is 16.7. The summed E-state index contributed by atoms with van der Waals surface area (Å²) in [4.78, 5) is 14.0. The number of carbonyl (C=O) groups is 1. The van der Waals surface area contributed by atoms with Gasteiger partial charge in [-0.3, -0.25) is 4.79 Å². The second kappa shape index (κ2) is 7.03. The second-order valence-electron chi connectivity index (χ2n) is 5.89. The molecule has 1 aromatic carbocycles. The number of hydrogen-bond acceptors (Lipinski definition) is 3. The van der Waals surface area contributed by atoms with Gasteiger partial charge in [-0.1, -0.05) is 31.0 Å². The third kappa shape index (κ3) is 3.22. The van der Waals surface area contributed by atoms with Crippen LogP contribution in [-0.2, 0) is 4.79 Å². The van der Waals surface area contributed by atoms with Gasteiger partial charge in [0.25, 0.3) is 0 Å². The molecular formula is C16H23ClN2OS. The first-order valence-electron chi connectivity index (χ1n) is 7.48. The quantitative estimate of drug-likeness (QED) is 0.896. The molecule has 0 bridgehead atoms. The predicted molar refractivity (Wildman–Crippen MR) is 89.9 cm³/mol. The molecule has 0 radical (unpaired) electrons.